The van der Waals surface area contributed by atoms with Gasteiger partial charge >= 0.3 is 11.9 Å². The minimum absolute atomic E-state index is 0.471. The van der Waals surface area contributed by atoms with Crippen LogP contribution in [0.3, 0.4) is 0 Å². The van der Waals surface area contributed by atoms with Crippen LogP contribution in [-0.2, 0) is 14.3 Å². The molecule has 5 aliphatic rings. The van der Waals surface area contributed by atoms with E-state index >= 15 is 0 Å². The summed E-state index contributed by atoms with van der Waals surface area (Å²) >= 11 is 0. The van der Waals surface area contributed by atoms with Crippen molar-refractivity contribution < 1.29 is 60.3 Å². The van der Waals surface area contributed by atoms with Gasteiger partial charge in [-0.05, 0) is 83.0 Å². The number of nitrogens with one attached hydrogen (secondary N) is 2. The van der Waals surface area contributed by atoms with Crippen molar-refractivity contribution in [2.45, 2.75) is 79.2 Å². The Balaban J connectivity index is 0.000000127. The third-order valence-corrected chi connectivity index (χ3v) is 10.8. The summed E-state index contributed by atoms with van der Waals surface area (Å²) in [5, 5.41) is 84.7. The van der Waals surface area contributed by atoms with Crippen LogP contribution in [0.25, 0.3) is 22.1 Å². The zero-order valence-electron chi connectivity index (χ0n) is 29.7. The van der Waals surface area contributed by atoms with Gasteiger partial charge in [-0.2, -0.15) is 0 Å². The number of fused-ring (bicyclic) bond motifs is 12. The summed E-state index contributed by atoms with van der Waals surface area (Å²) in [4.78, 5) is 37.1. The van der Waals surface area contributed by atoms with Gasteiger partial charge in [0, 0.05) is 51.0 Å². The van der Waals surface area contributed by atoms with Gasteiger partial charge in [0.05, 0.1) is 35.3 Å². The van der Waals surface area contributed by atoms with E-state index in [1.54, 1.807) is 24.8 Å². The Morgan fingerprint density at radius 2 is 0.873 bits per heavy atom. The van der Waals surface area contributed by atoms with Crippen LogP contribution in [0.15, 0.2) is 49.1 Å². The fraction of sp³-hybridized carbons (Fsp3) is 0.514. The molecule has 4 bridgehead atoms. The number of aliphatic hydroxyl groups excluding tert-OH is 7. The van der Waals surface area contributed by atoms with E-state index in [9.17, 15) is 24.9 Å². The number of aromatic nitrogens is 4. The Labute approximate surface area is 314 Å². The maximum absolute atomic E-state index is 9.77. The number of hydrogen-bond donors (Lipinski definition) is 11. The van der Waals surface area contributed by atoms with Gasteiger partial charge < -0.3 is 61.3 Å². The quantitative estimate of drug-likeness (QED) is 0.108. The molecule has 0 amide bonds. The number of rotatable bonds is 5. The monoisotopic (exact) mass is 766 g/mol. The predicted octanol–water partition coefficient (Wildman–Crippen LogP) is -1.69. The van der Waals surface area contributed by atoms with Crippen molar-refractivity contribution in [3.63, 3.8) is 0 Å². The molecule has 55 heavy (non-hydrogen) atoms. The van der Waals surface area contributed by atoms with Crippen LogP contribution in [0.1, 0.15) is 58.8 Å². The molecule has 2 aliphatic carbocycles. The molecule has 0 spiro atoms. The largest absolute Gasteiger partial charge is 0.479 e. The minimum Gasteiger partial charge on any atom is -0.479 e. The van der Waals surface area contributed by atoms with Crippen LogP contribution in [0.4, 0.5) is 0 Å². The second-order valence-electron chi connectivity index (χ2n) is 14.2. The maximum atomic E-state index is 9.77. The Morgan fingerprint density at radius 1 is 0.582 bits per heavy atom. The van der Waals surface area contributed by atoms with Crippen LogP contribution in [-0.4, -0.2) is 160 Å². The van der Waals surface area contributed by atoms with Crippen LogP contribution >= 0.6 is 0 Å². The molecule has 18 nitrogen and oxygen atoms in total. The first-order valence-electron chi connectivity index (χ1n) is 18.0. The molecule has 7 unspecified atom stereocenters. The highest BCUT2D eigenvalue weighted by atomic mass is 16.6. The molecule has 3 fully saturated rings. The van der Waals surface area contributed by atoms with Gasteiger partial charge in [-0.15, -0.1) is 0 Å². The average Bonchev–Trinajstić information content (AvgIpc) is 3.59. The van der Waals surface area contributed by atoms with Gasteiger partial charge in [-0.1, -0.05) is 0 Å². The number of ether oxygens (including phenoxy) is 1. The van der Waals surface area contributed by atoms with Gasteiger partial charge in [-0.25, -0.2) is 9.59 Å². The number of carboxylic acid groups (broad SMARTS) is 2. The number of nitrogens with zero attached hydrogens (tertiary/aromatic N) is 4. The zero-order chi connectivity index (χ0) is 39.4. The molecular weight excluding hydrogens is 720 g/mol. The van der Waals surface area contributed by atoms with Gasteiger partial charge in [0.1, 0.15) is 30.5 Å². The second kappa shape index (κ2) is 17.6. The maximum Gasteiger partial charge on any atom is 0.335 e. The molecular formula is C37H46N6O12. The Hall–Kier alpha value is -4.34. The fourth-order valence-electron chi connectivity index (χ4n) is 7.93. The van der Waals surface area contributed by atoms with Crippen LogP contribution in [0.2, 0.25) is 0 Å². The normalized spacial score (nSPS) is 29.5. The average molecular weight is 767 g/mol. The van der Waals surface area contributed by atoms with E-state index < -0.39 is 67.9 Å². The van der Waals surface area contributed by atoms with E-state index in [4.69, 9.17) is 35.4 Å². The molecule has 296 valence electrons. The number of carbonyl (C=O) groups is 2. The highest BCUT2D eigenvalue weighted by molar-refractivity contribution is 5.83. The van der Waals surface area contributed by atoms with Gasteiger partial charge in [0.25, 0.3) is 0 Å². The molecule has 5 heterocycles. The number of piperidine rings is 2. The molecule has 2 aromatic carbocycles. The summed E-state index contributed by atoms with van der Waals surface area (Å²) in [6, 6.07) is 8.98. The van der Waals surface area contributed by atoms with Gasteiger partial charge in [-0.3, -0.25) is 19.9 Å². The van der Waals surface area contributed by atoms with Gasteiger partial charge in [0.2, 0.25) is 0 Å². The summed E-state index contributed by atoms with van der Waals surface area (Å²) in [6.07, 6.45) is -0.823. The van der Waals surface area contributed by atoms with Crippen molar-refractivity contribution in [2.24, 2.45) is 0 Å². The Kier molecular flexibility index (Phi) is 12.9. The summed E-state index contributed by atoms with van der Waals surface area (Å²) in [7, 11) is 0. The van der Waals surface area contributed by atoms with E-state index in [1.165, 1.54) is 35.1 Å². The molecule has 18 heteroatoms. The molecule has 11 N–H and O–H groups in total. The lowest BCUT2D eigenvalue weighted by molar-refractivity contribution is -0.235. The number of aliphatic carboxylic acids is 2. The van der Waals surface area contributed by atoms with Crippen LogP contribution < -0.4 is 10.6 Å². The summed E-state index contributed by atoms with van der Waals surface area (Å²) in [6.45, 7) is 3.54. The van der Waals surface area contributed by atoms with E-state index in [2.05, 4.69) is 54.8 Å². The Bertz CT molecular complexity index is 1730. The third kappa shape index (κ3) is 8.73. The first-order valence-corrected chi connectivity index (χ1v) is 18.0. The smallest absolute Gasteiger partial charge is 0.335 e. The first kappa shape index (κ1) is 40.3. The molecule has 4 aromatic rings. The third-order valence-electron chi connectivity index (χ3n) is 10.8. The van der Waals surface area contributed by atoms with E-state index in [0.717, 1.165) is 48.2 Å². The standard InChI is InChI=1S/2C13H13N3.C7H14O6.C4H6O6/c2*1-2-16-13-5-11-9-3-8(6-14-7-9)10(11)4-12(13)15-1;8-1-3-5(10)7(12)6(11)4(2-9)13-3;5-1(3(7)8)2(6)4(9)10/h2*1-2,4-5,8-9,14H,3,6-7H2;3-12H,1-2H2;1-2,5-6H,(H,7,8)(H,9,10)/t;;3-,4?,5?,6-,7?;1-,2-/m..11/s1. The topological polar surface area (TPSA) is 301 Å². The van der Waals surface area contributed by atoms with E-state index in [0.29, 0.717) is 23.7 Å². The number of hydrogen-bond acceptors (Lipinski definition) is 16. The van der Waals surface area contributed by atoms with Crippen molar-refractivity contribution in [1.82, 2.24) is 30.6 Å². The lowest BCUT2D eigenvalue weighted by Gasteiger charge is -2.39. The van der Waals surface area contributed by atoms with Crippen molar-refractivity contribution in [3.8, 4) is 0 Å². The molecule has 9 rings (SSSR count). The molecule has 0 saturated carbocycles. The van der Waals surface area contributed by atoms with Crippen LogP contribution in [0.5, 0.6) is 0 Å². The molecule has 0 radical (unpaired) electrons. The molecule has 2 aromatic heterocycles. The van der Waals surface area contributed by atoms with E-state index in [-0.39, 0.29) is 0 Å². The SMILES string of the molecule is O=C(O)[C@H](O)[C@@H](O)C(=O)O.OCC1O[C@H](CO)C(O)C(O)[C@@H]1O.c1cnc2cc3c(cc2n1)C1CNCC3C1.c1cnc2cc3c(cc2n1)C1CNCC3C1. The van der Waals surface area contributed by atoms with Crippen molar-refractivity contribution in [2.75, 3.05) is 39.4 Å². The molecule has 3 saturated heterocycles. The summed E-state index contributed by atoms with van der Waals surface area (Å²) < 4.78 is 4.92. The highest BCUT2D eigenvalue weighted by Crippen LogP contribution is 2.45. The van der Waals surface area contributed by atoms with Crippen molar-refractivity contribution >= 4 is 34.0 Å². The van der Waals surface area contributed by atoms with Crippen molar-refractivity contribution in [3.05, 3.63) is 71.3 Å². The van der Waals surface area contributed by atoms with Gasteiger partial charge in [0.15, 0.2) is 12.2 Å². The zero-order valence-corrected chi connectivity index (χ0v) is 29.7. The highest BCUT2D eigenvalue weighted by Gasteiger charge is 2.43. The Morgan fingerprint density at radius 3 is 1.13 bits per heavy atom. The summed E-state index contributed by atoms with van der Waals surface area (Å²) in [5.74, 6) is -0.759. The predicted molar refractivity (Wildman–Crippen MR) is 193 cm³/mol. The van der Waals surface area contributed by atoms with E-state index in [1.807, 2.05) is 0 Å². The summed E-state index contributed by atoms with van der Waals surface area (Å²) in [5.41, 5.74) is 10.2. The fourth-order valence-corrected chi connectivity index (χ4v) is 7.93. The first-order chi connectivity index (χ1) is 26.4. The van der Waals surface area contributed by atoms with Crippen molar-refractivity contribution in [1.29, 1.82) is 0 Å². The number of aliphatic hydroxyl groups is 7. The second-order valence-corrected chi connectivity index (χ2v) is 14.2. The molecule has 11 atom stereocenters. The van der Waals surface area contributed by atoms with Crippen LogP contribution in [0, 0.1) is 0 Å². The molecule has 3 aliphatic heterocycles. The number of benzene rings is 2. The number of carboxylic acids is 2. The lowest BCUT2D eigenvalue weighted by Crippen LogP contribution is -2.59. The lowest BCUT2D eigenvalue weighted by atomic mass is 9.95. The minimum atomic E-state index is -2.27.